The van der Waals surface area contributed by atoms with Gasteiger partial charge in [0, 0.05) is 26.2 Å². The summed E-state index contributed by atoms with van der Waals surface area (Å²) in [5.41, 5.74) is 5.91. The lowest BCUT2D eigenvalue weighted by atomic mass is 9.97. The van der Waals surface area contributed by atoms with E-state index in [1.54, 1.807) is 0 Å². The van der Waals surface area contributed by atoms with Crippen molar-refractivity contribution in [3.63, 3.8) is 0 Å². The first-order valence-corrected chi connectivity index (χ1v) is 11.2. The topological polar surface area (TPSA) is 43.9 Å². The van der Waals surface area contributed by atoms with Crippen molar-refractivity contribution < 1.29 is 9.59 Å². The van der Waals surface area contributed by atoms with Gasteiger partial charge in [-0.2, -0.15) is 0 Å². The largest absolute Gasteiger partial charge is 0.364 e. The number of hydrogen-bond donors (Lipinski definition) is 0. The number of amides is 2. The molecule has 0 radical (unpaired) electrons. The lowest BCUT2D eigenvalue weighted by Gasteiger charge is -2.36. The number of likely N-dealkylation sites (N-methyl/N-ethyl adjacent to an activating group) is 1. The van der Waals surface area contributed by atoms with Crippen molar-refractivity contribution in [2.45, 2.75) is 34.1 Å². The minimum atomic E-state index is -0.228. The van der Waals surface area contributed by atoms with Gasteiger partial charge in [0.2, 0.25) is 0 Å². The summed E-state index contributed by atoms with van der Waals surface area (Å²) in [6.45, 7) is 12.6. The normalized spacial score (nSPS) is 17.8. The monoisotopic (exact) mass is 417 g/mol. The number of benzene rings is 2. The van der Waals surface area contributed by atoms with Gasteiger partial charge in [-0.05, 0) is 55.6 Å². The van der Waals surface area contributed by atoms with Gasteiger partial charge in [-0.3, -0.25) is 9.59 Å². The van der Waals surface area contributed by atoms with Crippen LogP contribution >= 0.6 is 0 Å². The molecule has 2 aliphatic rings. The summed E-state index contributed by atoms with van der Waals surface area (Å²) >= 11 is 0. The van der Waals surface area contributed by atoms with Gasteiger partial charge in [0.1, 0.15) is 5.70 Å². The van der Waals surface area contributed by atoms with E-state index in [1.807, 2.05) is 50.2 Å². The van der Waals surface area contributed by atoms with Crippen LogP contribution in [0.15, 0.2) is 48.2 Å². The van der Waals surface area contributed by atoms with E-state index in [0.29, 0.717) is 17.0 Å². The van der Waals surface area contributed by atoms with Gasteiger partial charge in [-0.25, -0.2) is 4.90 Å². The SMILES string of the molecule is CCc1ccc(N2C(=O)C(c3ccc(C)cc3C)=C(N3CCN(CC)CC3)C2=O)cc1. The minimum absolute atomic E-state index is 0.214. The van der Waals surface area contributed by atoms with E-state index < -0.39 is 0 Å². The van der Waals surface area contributed by atoms with Crippen LogP contribution in [0.2, 0.25) is 0 Å². The molecule has 2 aromatic carbocycles. The first-order chi connectivity index (χ1) is 14.9. The fraction of sp³-hybridized carbons (Fsp3) is 0.385. The summed E-state index contributed by atoms with van der Waals surface area (Å²) in [6, 6.07) is 13.8. The Labute approximate surface area is 184 Å². The molecule has 2 amide bonds. The van der Waals surface area contributed by atoms with E-state index in [0.717, 1.165) is 55.8 Å². The molecule has 1 fully saturated rings. The molecule has 0 unspecified atom stereocenters. The van der Waals surface area contributed by atoms with E-state index in [2.05, 4.69) is 29.7 Å². The van der Waals surface area contributed by atoms with Gasteiger partial charge < -0.3 is 9.80 Å². The van der Waals surface area contributed by atoms with Crippen molar-refractivity contribution >= 4 is 23.1 Å². The van der Waals surface area contributed by atoms with Crippen molar-refractivity contribution in [3.05, 3.63) is 70.4 Å². The Morgan fingerprint density at radius 3 is 2.10 bits per heavy atom. The highest BCUT2D eigenvalue weighted by Crippen LogP contribution is 2.36. The van der Waals surface area contributed by atoms with Gasteiger partial charge in [0.05, 0.1) is 11.3 Å². The highest BCUT2D eigenvalue weighted by Gasteiger charge is 2.43. The zero-order valence-corrected chi connectivity index (χ0v) is 18.9. The molecule has 2 aliphatic heterocycles. The molecule has 0 aromatic heterocycles. The standard InChI is InChI=1S/C26H31N3O2/c1-5-20-8-10-21(11-9-20)29-25(30)23(22-12-7-18(3)17-19(22)4)24(26(29)31)28-15-13-27(6-2)14-16-28/h7-12,17H,5-6,13-16H2,1-4H3. The Morgan fingerprint density at radius 2 is 1.52 bits per heavy atom. The maximum atomic E-state index is 13.7. The van der Waals surface area contributed by atoms with Gasteiger partial charge in [0.15, 0.2) is 0 Å². The summed E-state index contributed by atoms with van der Waals surface area (Å²) in [7, 11) is 0. The molecule has 2 heterocycles. The molecule has 0 saturated carbocycles. The molecular formula is C26H31N3O2. The lowest BCUT2D eigenvalue weighted by Crippen LogP contribution is -2.47. The van der Waals surface area contributed by atoms with Crippen molar-refractivity contribution in [3.8, 4) is 0 Å². The van der Waals surface area contributed by atoms with E-state index in [1.165, 1.54) is 10.5 Å². The third kappa shape index (κ3) is 3.90. The van der Waals surface area contributed by atoms with Crippen molar-refractivity contribution in [2.24, 2.45) is 0 Å². The van der Waals surface area contributed by atoms with Crippen LogP contribution in [0.3, 0.4) is 0 Å². The number of carbonyl (C=O) groups excluding carboxylic acids is 2. The molecule has 2 aromatic rings. The highest BCUT2D eigenvalue weighted by atomic mass is 16.2. The lowest BCUT2D eigenvalue weighted by molar-refractivity contribution is -0.120. The maximum absolute atomic E-state index is 13.7. The first kappa shape index (κ1) is 21.3. The van der Waals surface area contributed by atoms with Crippen LogP contribution in [0, 0.1) is 13.8 Å². The van der Waals surface area contributed by atoms with Gasteiger partial charge in [-0.15, -0.1) is 0 Å². The van der Waals surface area contributed by atoms with Crippen LogP contribution in [-0.4, -0.2) is 54.3 Å². The summed E-state index contributed by atoms with van der Waals surface area (Å²) in [5, 5.41) is 0. The molecule has 162 valence electrons. The van der Waals surface area contributed by atoms with E-state index in [4.69, 9.17) is 0 Å². The Kier molecular flexibility index (Phi) is 5.96. The van der Waals surface area contributed by atoms with E-state index in [9.17, 15) is 9.59 Å². The van der Waals surface area contributed by atoms with Crippen LogP contribution in [0.5, 0.6) is 0 Å². The van der Waals surface area contributed by atoms with Crippen LogP contribution in [0.1, 0.15) is 36.1 Å². The van der Waals surface area contributed by atoms with Crippen LogP contribution in [0.25, 0.3) is 5.57 Å². The number of anilines is 1. The maximum Gasteiger partial charge on any atom is 0.282 e. The van der Waals surface area contributed by atoms with Crippen LogP contribution in [0.4, 0.5) is 5.69 Å². The zero-order valence-electron chi connectivity index (χ0n) is 18.9. The fourth-order valence-electron chi connectivity index (χ4n) is 4.55. The molecule has 0 bridgehead atoms. The number of nitrogens with zero attached hydrogens (tertiary/aromatic N) is 3. The highest BCUT2D eigenvalue weighted by molar-refractivity contribution is 6.45. The van der Waals surface area contributed by atoms with Gasteiger partial charge in [0.25, 0.3) is 11.8 Å². The predicted octanol–water partition coefficient (Wildman–Crippen LogP) is 3.79. The molecule has 5 heteroatoms. The second-order valence-electron chi connectivity index (χ2n) is 8.43. The predicted molar refractivity (Wildman–Crippen MR) is 125 cm³/mol. The summed E-state index contributed by atoms with van der Waals surface area (Å²) < 4.78 is 0. The molecule has 1 saturated heterocycles. The van der Waals surface area contributed by atoms with E-state index in [-0.39, 0.29) is 11.8 Å². The third-order valence-corrected chi connectivity index (χ3v) is 6.45. The average molecular weight is 418 g/mol. The van der Waals surface area contributed by atoms with Crippen molar-refractivity contribution in [2.75, 3.05) is 37.6 Å². The number of piperazine rings is 1. The Balaban J connectivity index is 1.79. The molecule has 0 atom stereocenters. The second kappa shape index (κ2) is 8.67. The molecule has 31 heavy (non-hydrogen) atoms. The Hall–Kier alpha value is -2.92. The second-order valence-corrected chi connectivity index (χ2v) is 8.43. The fourth-order valence-corrected chi connectivity index (χ4v) is 4.55. The van der Waals surface area contributed by atoms with Crippen LogP contribution in [-0.2, 0) is 16.0 Å². The van der Waals surface area contributed by atoms with Gasteiger partial charge >= 0.3 is 0 Å². The number of hydrogen-bond acceptors (Lipinski definition) is 4. The van der Waals surface area contributed by atoms with Crippen molar-refractivity contribution in [1.82, 2.24) is 9.80 Å². The van der Waals surface area contributed by atoms with E-state index >= 15 is 0 Å². The Morgan fingerprint density at radius 1 is 0.839 bits per heavy atom. The number of carbonyl (C=O) groups is 2. The summed E-state index contributed by atoms with van der Waals surface area (Å²) in [5.74, 6) is -0.441. The summed E-state index contributed by atoms with van der Waals surface area (Å²) in [6.07, 6.45) is 0.918. The molecule has 0 spiro atoms. The number of aryl methyl sites for hydroxylation is 3. The van der Waals surface area contributed by atoms with Crippen LogP contribution < -0.4 is 4.90 Å². The van der Waals surface area contributed by atoms with Gasteiger partial charge in [-0.1, -0.05) is 49.7 Å². The smallest absolute Gasteiger partial charge is 0.282 e. The first-order valence-electron chi connectivity index (χ1n) is 11.2. The average Bonchev–Trinajstić information content (AvgIpc) is 3.04. The quantitative estimate of drug-likeness (QED) is 0.695. The molecular weight excluding hydrogens is 386 g/mol. The molecule has 5 nitrogen and oxygen atoms in total. The number of imide groups is 1. The zero-order chi connectivity index (χ0) is 22.1. The molecule has 4 rings (SSSR count). The summed E-state index contributed by atoms with van der Waals surface area (Å²) in [4.78, 5) is 33.2. The third-order valence-electron chi connectivity index (χ3n) is 6.45. The Bertz CT molecular complexity index is 1030. The molecule has 0 aliphatic carbocycles. The number of rotatable bonds is 5. The minimum Gasteiger partial charge on any atom is -0.364 e. The van der Waals surface area contributed by atoms with Crippen molar-refractivity contribution in [1.29, 1.82) is 0 Å². The molecule has 0 N–H and O–H groups in total.